The van der Waals surface area contributed by atoms with Gasteiger partial charge < -0.3 is 20.1 Å². The molecule has 1 atom stereocenters. The van der Waals surface area contributed by atoms with Crippen LogP contribution in [0.25, 0.3) is 0 Å². The number of ether oxygens (including phenoxy) is 2. The third-order valence-electron chi connectivity index (χ3n) is 3.91. The molecule has 1 aromatic rings. The molecule has 0 bridgehead atoms. The predicted molar refractivity (Wildman–Crippen MR) is 93.4 cm³/mol. The number of likely N-dealkylation sites (tertiary alicyclic amines) is 1. The molecule has 0 aliphatic carbocycles. The Labute approximate surface area is 144 Å². The first-order chi connectivity index (χ1) is 10.8. The molecule has 0 spiro atoms. The van der Waals surface area contributed by atoms with Gasteiger partial charge >= 0.3 is 0 Å². The fraction of sp³-hybridized carbons (Fsp3) is 0.588. The molecular formula is C17H27ClN2O3. The number of amides is 1. The van der Waals surface area contributed by atoms with Crippen molar-refractivity contribution in [1.82, 2.24) is 4.90 Å². The van der Waals surface area contributed by atoms with E-state index in [2.05, 4.69) is 0 Å². The van der Waals surface area contributed by atoms with Crippen LogP contribution in [-0.4, -0.2) is 43.2 Å². The minimum Gasteiger partial charge on any atom is -0.490 e. The van der Waals surface area contributed by atoms with Gasteiger partial charge in [0.15, 0.2) is 11.5 Å². The second kappa shape index (κ2) is 10.3. The lowest BCUT2D eigenvalue weighted by Crippen LogP contribution is -2.39. The van der Waals surface area contributed by atoms with Crippen LogP contribution in [0, 0.1) is 0 Å². The Bertz CT molecular complexity index is 485. The van der Waals surface area contributed by atoms with Crippen molar-refractivity contribution in [2.75, 3.05) is 26.3 Å². The standard InChI is InChI=1S/C17H26N2O3.ClH/c1-2-21-15-8-3-4-9-16(15)22-12-6-10-17(20)19-11-5-7-14(19)13-18;/h3-4,8-9,14H,2,5-7,10-13,18H2,1H3;1H. The van der Waals surface area contributed by atoms with E-state index in [0.717, 1.165) is 30.9 Å². The number of hydrogen-bond donors (Lipinski definition) is 1. The van der Waals surface area contributed by atoms with Gasteiger partial charge in [-0.1, -0.05) is 12.1 Å². The summed E-state index contributed by atoms with van der Waals surface area (Å²) >= 11 is 0. The lowest BCUT2D eigenvalue weighted by molar-refractivity contribution is -0.132. The van der Waals surface area contributed by atoms with E-state index in [0.29, 0.717) is 32.6 Å². The first-order valence-corrected chi connectivity index (χ1v) is 8.10. The molecule has 130 valence electrons. The summed E-state index contributed by atoms with van der Waals surface area (Å²) < 4.78 is 11.2. The Balaban J connectivity index is 0.00000264. The molecule has 1 aliphatic rings. The normalized spacial score (nSPS) is 16.8. The summed E-state index contributed by atoms with van der Waals surface area (Å²) in [4.78, 5) is 14.1. The van der Waals surface area contributed by atoms with E-state index in [1.54, 1.807) is 0 Å². The summed E-state index contributed by atoms with van der Waals surface area (Å²) in [5.74, 6) is 1.67. The summed E-state index contributed by atoms with van der Waals surface area (Å²) in [7, 11) is 0. The highest BCUT2D eigenvalue weighted by atomic mass is 35.5. The monoisotopic (exact) mass is 342 g/mol. The van der Waals surface area contributed by atoms with Gasteiger partial charge in [-0.05, 0) is 38.3 Å². The first kappa shape index (κ1) is 19.6. The van der Waals surface area contributed by atoms with Gasteiger partial charge in [0.05, 0.1) is 13.2 Å². The average Bonchev–Trinajstić information content (AvgIpc) is 3.01. The molecule has 5 nitrogen and oxygen atoms in total. The zero-order valence-electron chi connectivity index (χ0n) is 13.7. The van der Waals surface area contributed by atoms with E-state index in [9.17, 15) is 4.79 Å². The minimum atomic E-state index is 0. The van der Waals surface area contributed by atoms with Crippen LogP contribution in [0.15, 0.2) is 24.3 Å². The third-order valence-corrected chi connectivity index (χ3v) is 3.91. The average molecular weight is 343 g/mol. The Morgan fingerprint density at radius 1 is 1.30 bits per heavy atom. The Morgan fingerprint density at radius 3 is 2.65 bits per heavy atom. The van der Waals surface area contributed by atoms with E-state index in [-0.39, 0.29) is 24.4 Å². The highest BCUT2D eigenvalue weighted by Gasteiger charge is 2.26. The van der Waals surface area contributed by atoms with E-state index < -0.39 is 0 Å². The maximum atomic E-state index is 12.2. The van der Waals surface area contributed by atoms with Crippen molar-refractivity contribution in [2.45, 2.75) is 38.6 Å². The van der Waals surface area contributed by atoms with Gasteiger partial charge in [0.25, 0.3) is 0 Å². The number of carbonyl (C=O) groups excluding carboxylic acids is 1. The topological polar surface area (TPSA) is 64.8 Å². The largest absolute Gasteiger partial charge is 0.490 e. The molecule has 1 unspecified atom stereocenters. The highest BCUT2D eigenvalue weighted by Crippen LogP contribution is 2.26. The second-order valence-electron chi connectivity index (χ2n) is 5.45. The number of benzene rings is 1. The molecule has 0 aromatic heterocycles. The van der Waals surface area contributed by atoms with Crippen molar-refractivity contribution in [3.8, 4) is 11.5 Å². The lowest BCUT2D eigenvalue weighted by atomic mass is 10.2. The molecule has 2 N–H and O–H groups in total. The summed E-state index contributed by atoms with van der Waals surface area (Å²) in [6, 6.07) is 7.84. The van der Waals surface area contributed by atoms with Crippen molar-refractivity contribution in [3.05, 3.63) is 24.3 Å². The fourth-order valence-electron chi connectivity index (χ4n) is 2.80. The SMILES string of the molecule is CCOc1ccccc1OCCCC(=O)N1CCCC1CN.Cl. The lowest BCUT2D eigenvalue weighted by Gasteiger charge is -2.23. The summed E-state index contributed by atoms with van der Waals surface area (Å²) in [5, 5.41) is 0. The van der Waals surface area contributed by atoms with Crippen LogP contribution in [0.2, 0.25) is 0 Å². The maximum Gasteiger partial charge on any atom is 0.222 e. The summed E-state index contributed by atoms with van der Waals surface area (Å²) in [5.41, 5.74) is 5.71. The van der Waals surface area contributed by atoms with Crippen molar-refractivity contribution >= 4 is 18.3 Å². The molecule has 0 saturated carbocycles. The number of nitrogens with two attached hydrogens (primary N) is 1. The van der Waals surface area contributed by atoms with Gasteiger partial charge in [-0.3, -0.25) is 4.79 Å². The Hall–Kier alpha value is -1.46. The smallest absolute Gasteiger partial charge is 0.222 e. The number of rotatable bonds is 8. The number of nitrogens with zero attached hydrogens (tertiary/aromatic N) is 1. The van der Waals surface area contributed by atoms with Crippen molar-refractivity contribution in [3.63, 3.8) is 0 Å². The first-order valence-electron chi connectivity index (χ1n) is 8.10. The summed E-state index contributed by atoms with van der Waals surface area (Å²) in [6.45, 7) is 4.46. The van der Waals surface area contributed by atoms with Crippen LogP contribution < -0.4 is 15.2 Å². The van der Waals surface area contributed by atoms with Crippen molar-refractivity contribution in [2.24, 2.45) is 5.73 Å². The molecule has 6 heteroatoms. The second-order valence-corrected chi connectivity index (χ2v) is 5.45. The van der Waals surface area contributed by atoms with Crippen molar-refractivity contribution in [1.29, 1.82) is 0 Å². The van der Waals surface area contributed by atoms with Gasteiger partial charge in [-0.25, -0.2) is 0 Å². The minimum absolute atomic E-state index is 0. The van der Waals surface area contributed by atoms with Gasteiger partial charge in [0.1, 0.15) is 0 Å². The quantitative estimate of drug-likeness (QED) is 0.737. The molecule has 2 rings (SSSR count). The fourth-order valence-corrected chi connectivity index (χ4v) is 2.80. The highest BCUT2D eigenvalue weighted by molar-refractivity contribution is 5.85. The van der Waals surface area contributed by atoms with Crippen LogP contribution in [0.1, 0.15) is 32.6 Å². The van der Waals surface area contributed by atoms with E-state index in [1.165, 1.54) is 0 Å². The third kappa shape index (κ3) is 5.59. The van der Waals surface area contributed by atoms with Gasteiger partial charge in [-0.2, -0.15) is 0 Å². The van der Waals surface area contributed by atoms with Crippen LogP contribution in [0.3, 0.4) is 0 Å². The Morgan fingerprint density at radius 2 is 2.00 bits per heavy atom. The molecule has 1 fully saturated rings. The molecule has 1 amide bonds. The number of hydrogen-bond acceptors (Lipinski definition) is 4. The van der Waals surface area contributed by atoms with E-state index >= 15 is 0 Å². The molecule has 0 radical (unpaired) electrons. The zero-order chi connectivity index (χ0) is 15.8. The molecule has 1 aliphatic heterocycles. The molecular weight excluding hydrogens is 316 g/mol. The predicted octanol–water partition coefficient (Wildman–Crippen LogP) is 2.62. The Kier molecular flexibility index (Phi) is 8.81. The van der Waals surface area contributed by atoms with Gasteiger partial charge in [-0.15, -0.1) is 12.4 Å². The maximum absolute atomic E-state index is 12.2. The van der Waals surface area contributed by atoms with E-state index in [4.69, 9.17) is 15.2 Å². The van der Waals surface area contributed by atoms with Crippen molar-refractivity contribution < 1.29 is 14.3 Å². The zero-order valence-corrected chi connectivity index (χ0v) is 14.5. The summed E-state index contributed by atoms with van der Waals surface area (Å²) in [6.07, 6.45) is 3.30. The van der Waals surface area contributed by atoms with Crippen LogP contribution in [-0.2, 0) is 4.79 Å². The van der Waals surface area contributed by atoms with Crippen LogP contribution in [0.4, 0.5) is 0 Å². The van der Waals surface area contributed by atoms with Gasteiger partial charge in [0.2, 0.25) is 5.91 Å². The molecule has 23 heavy (non-hydrogen) atoms. The number of carbonyl (C=O) groups is 1. The van der Waals surface area contributed by atoms with E-state index in [1.807, 2.05) is 36.1 Å². The number of para-hydroxylation sites is 2. The van der Waals surface area contributed by atoms with Crippen LogP contribution in [0.5, 0.6) is 11.5 Å². The molecule has 1 heterocycles. The molecule has 1 aromatic carbocycles. The molecule has 1 saturated heterocycles. The number of halogens is 1. The van der Waals surface area contributed by atoms with Crippen LogP contribution >= 0.6 is 12.4 Å². The van der Waals surface area contributed by atoms with Gasteiger partial charge in [0, 0.05) is 25.6 Å².